The van der Waals surface area contributed by atoms with Crippen LogP contribution >= 0.6 is 11.6 Å². The standard InChI is InChI=1S/C19H25ClN2O3/c20-16-7-3-6-15(12-16)17(13-4-1-2-5-13)21-19(25)22-10-8-14(9-11-22)18(23)24/h3,6-7,12-14,17H,1-2,4-5,8-11H2,(H,21,25)(H,23,24). The molecular weight excluding hydrogens is 340 g/mol. The van der Waals surface area contributed by atoms with E-state index in [0.29, 0.717) is 36.9 Å². The first kappa shape index (κ1) is 18.1. The van der Waals surface area contributed by atoms with E-state index in [1.54, 1.807) is 4.90 Å². The smallest absolute Gasteiger partial charge is 0.317 e. The van der Waals surface area contributed by atoms with E-state index >= 15 is 0 Å². The van der Waals surface area contributed by atoms with Gasteiger partial charge in [0.15, 0.2) is 0 Å². The van der Waals surface area contributed by atoms with E-state index in [9.17, 15) is 9.59 Å². The lowest BCUT2D eigenvalue weighted by molar-refractivity contribution is -0.143. The fourth-order valence-corrected chi connectivity index (χ4v) is 4.22. The molecule has 1 saturated carbocycles. The summed E-state index contributed by atoms with van der Waals surface area (Å²) in [6, 6.07) is 7.58. The summed E-state index contributed by atoms with van der Waals surface area (Å²) in [5.41, 5.74) is 1.05. The van der Waals surface area contributed by atoms with Crippen LogP contribution in [0.5, 0.6) is 0 Å². The van der Waals surface area contributed by atoms with Crippen molar-refractivity contribution in [1.29, 1.82) is 0 Å². The number of aliphatic carboxylic acids is 1. The number of carbonyl (C=O) groups excluding carboxylic acids is 1. The van der Waals surface area contributed by atoms with Gasteiger partial charge in [-0.2, -0.15) is 0 Å². The number of likely N-dealkylation sites (tertiary alicyclic amines) is 1. The number of piperidine rings is 1. The number of carboxylic acid groups (broad SMARTS) is 1. The second-order valence-corrected chi connectivity index (χ2v) is 7.56. The Balaban J connectivity index is 1.68. The number of rotatable bonds is 4. The highest BCUT2D eigenvalue weighted by Gasteiger charge is 2.31. The molecule has 5 nitrogen and oxygen atoms in total. The molecule has 1 unspecified atom stereocenters. The van der Waals surface area contributed by atoms with Crippen LogP contribution in [0.3, 0.4) is 0 Å². The van der Waals surface area contributed by atoms with Crippen LogP contribution in [-0.4, -0.2) is 35.1 Å². The van der Waals surface area contributed by atoms with E-state index < -0.39 is 5.97 Å². The SMILES string of the molecule is O=C(O)C1CCN(C(=O)NC(c2cccc(Cl)c2)C2CCCC2)CC1. The number of halogens is 1. The molecule has 1 aromatic carbocycles. The summed E-state index contributed by atoms with van der Waals surface area (Å²) in [4.78, 5) is 25.5. The number of benzene rings is 1. The number of urea groups is 1. The quantitative estimate of drug-likeness (QED) is 0.845. The molecule has 0 bridgehead atoms. The monoisotopic (exact) mass is 364 g/mol. The van der Waals surface area contributed by atoms with Gasteiger partial charge >= 0.3 is 12.0 Å². The normalized spacial score (nSPS) is 20.4. The fraction of sp³-hybridized carbons (Fsp3) is 0.579. The molecule has 1 heterocycles. The first-order valence-corrected chi connectivity index (χ1v) is 9.46. The van der Waals surface area contributed by atoms with Gasteiger partial charge in [-0.25, -0.2) is 4.79 Å². The number of nitrogens with zero attached hydrogens (tertiary/aromatic N) is 1. The molecule has 0 spiro atoms. The summed E-state index contributed by atoms with van der Waals surface area (Å²) in [5, 5.41) is 13.0. The maximum absolute atomic E-state index is 12.7. The maximum Gasteiger partial charge on any atom is 0.317 e. The van der Waals surface area contributed by atoms with Crippen LogP contribution in [-0.2, 0) is 4.79 Å². The van der Waals surface area contributed by atoms with Crippen LogP contribution < -0.4 is 5.32 Å². The summed E-state index contributed by atoms with van der Waals surface area (Å²) < 4.78 is 0. The number of carboxylic acids is 1. The largest absolute Gasteiger partial charge is 0.481 e. The molecule has 136 valence electrons. The molecule has 6 heteroatoms. The summed E-state index contributed by atoms with van der Waals surface area (Å²) >= 11 is 6.15. The highest BCUT2D eigenvalue weighted by atomic mass is 35.5. The molecule has 1 aliphatic heterocycles. The van der Waals surface area contributed by atoms with Gasteiger partial charge in [0.1, 0.15) is 0 Å². The number of carbonyl (C=O) groups is 2. The van der Waals surface area contributed by atoms with Crippen LogP contribution in [0.25, 0.3) is 0 Å². The minimum atomic E-state index is -0.761. The third-order valence-corrected chi connectivity index (χ3v) is 5.72. The van der Waals surface area contributed by atoms with Crippen LogP contribution in [0.2, 0.25) is 5.02 Å². The third kappa shape index (κ3) is 4.46. The molecule has 1 aromatic rings. The predicted octanol–water partition coefficient (Wildman–Crippen LogP) is 4.08. The first-order valence-electron chi connectivity index (χ1n) is 9.08. The van der Waals surface area contributed by atoms with Gasteiger partial charge in [-0.1, -0.05) is 36.6 Å². The van der Waals surface area contributed by atoms with Crippen molar-refractivity contribution >= 4 is 23.6 Å². The second-order valence-electron chi connectivity index (χ2n) is 7.13. The summed E-state index contributed by atoms with van der Waals surface area (Å²) in [7, 11) is 0. The Bertz CT molecular complexity index is 623. The Morgan fingerprint density at radius 3 is 2.44 bits per heavy atom. The molecular formula is C19H25ClN2O3. The van der Waals surface area contributed by atoms with Gasteiger partial charge in [-0.3, -0.25) is 4.79 Å². The maximum atomic E-state index is 12.7. The van der Waals surface area contributed by atoms with Crippen molar-refractivity contribution in [2.45, 2.75) is 44.6 Å². The molecule has 2 aliphatic rings. The third-order valence-electron chi connectivity index (χ3n) is 5.49. The number of amides is 2. The van der Waals surface area contributed by atoms with E-state index in [1.165, 1.54) is 12.8 Å². The minimum absolute atomic E-state index is 0.0362. The van der Waals surface area contributed by atoms with E-state index in [-0.39, 0.29) is 18.0 Å². The lowest BCUT2D eigenvalue weighted by atomic mass is 9.91. The lowest BCUT2D eigenvalue weighted by Gasteiger charge is -2.33. The molecule has 0 radical (unpaired) electrons. The van der Waals surface area contributed by atoms with Gasteiger partial charge in [0.2, 0.25) is 0 Å². The minimum Gasteiger partial charge on any atom is -0.481 e. The van der Waals surface area contributed by atoms with E-state index in [0.717, 1.165) is 18.4 Å². The Kier molecular flexibility index (Phi) is 5.84. The number of hydrogen-bond acceptors (Lipinski definition) is 2. The zero-order valence-electron chi connectivity index (χ0n) is 14.3. The zero-order chi connectivity index (χ0) is 17.8. The fourth-order valence-electron chi connectivity index (χ4n) is 4.02. The Labute approximate surface area is 153 Å². The van der Waals surface area contributed by atoms with Gasteiger partial charge < -0.3 is 15.3 Å². The second kappa shape index (κ2) is 8.09. The van der Waals surface area contributed by atoms with Crippen molar-refractivity contribution in [3.8, 4) is 0 Å². The average Bonchev–Trinajstić information content (AvgIpc) is 3.13. The van der Waals surface area contributed by atoms with Gasteiger partial charge in [0, 0.05) is 18.1 Å². The van der Waals surface area contributed by atoms with Crippen molar-refractivity contribution in [1.82, 2.24) is 10.2 Å². The molecule has 1 aliphatic carbocycles. The molecule has 2 amide bonds. The molecule has 2 N–H and O–H groups in total. The van der Waals surface area contributed by atoms with Crippen molar-refractivity contribution < 1.29 is 14.7 Å². The van der Waals surface area contributed by atoms with Gasteiger partial charge in [-0.05, 0) is 49.3 Å². The van der Waals surface area contributed by atoms with Crippen LogP contribution in [0.15, 0.2) is 24.3 Å². The zero-order valence-corrected chi connectivity index (χ0v) is 15.0. The Morgan fingerprint density at radius 2 is 1.84 bits per heavy atom. The van der Waals surface area contributed by atoms with Crippen LogP contribution in [0, 0.1) is 11.8 Å². The van der Waals surface area contributed by atoms with Crippen LogP contribution in [0.4, 0.5) is 4.79 Å². The molecule has 25 heavy (non-hydrogen) atoms. The van der Waals surface area contributed by atoms with Gasteiger partial charge in [0.25, 0.3) is 0 Å². The van der Waals surface area contributed by atoms with Crippen LogP contribution in [0.1, 0.15) is 50.1 Å². The van der Waals surface area contributed by atoms with Gasteiger partial charge in [-0.15, -0.1) is 0 Å². The Morgan fingerprint density at radius 1 is 1.16 bits per heavy atom. The van der Waals surface area contributed by atoms with E-state index in [2.05, 4.69) is 5.32 Å². The number of nitrogens with one attached hydrogen (secondary N) is 1. The lowest BCUT2D eigenvalue weighted by Crippen LogP contribution is -2.47. The number of hydrogen-bond donors (Lipinski definition) is 2. The Hall–Kier alpha value is -1.75. The molecule has 2 fully saturated rings. The summed E-state index contributed by atoms with van der Waals surface area (Å²) in [6.45, 7) is 0.992. The molecule has 1 saturated heterocycles. The highest BCUT2D eigenvalue weighted by Crippen LogP contribution is 2.36. The summed E-state index contributed by atoms with van der Waals surface area (Å²) in [6.07, 6.45) is 5.66. The van der Waals surface area contributed by atoms with Crippen molar-refractivity contribution in [2.24, 2.45) is 11.8 Å². The van der Waals surface area contributed by atoms with Crippen molar-refractivity contribution in [3.05, 3.63) is 34.9 Å². The molecule has 0 aromatic heterocycles. The topological polar surface area (TPSA) is 69.6 Å². The van der Waals surface area contributed by atoms with Crippen molar-refractivity contribution in [2.75, 3.05) is 13.1 Å². The summed E-state index contributed by atoms with van der Waals surface area (Å²) in [5.74, 6) is -0.663. The van der Waals surface area contributed by atoms with E-state index in [4.69, 9.17) is 16.7 Å². The predicted molar refractivity (Wildman–Crippen MR) is 96.6 cm³/mol. The van der Waals surface area contributed by atoms with Crippen molar-refractivity contribution in [3.63, 3.8) is 0 Å². The molecule has 1 atom stereocenters. The molecule has 3 rings (SSSR count). The van der Waals surface area contributed by atoms with E-state index in [1.807, 2.05) is 24.3 Å². The van der Waals surface area contributed by atoms with Gasteiger partial charge in [0.05, 0.1) is 12.0 Å². The average molecular weight is 365 g/mol. The highest BCUT2D eigenvalue weighted by molar-refractivity contribution is 6.30. The first-order chi connectivity index (χ1) is 12.0.